The lowest BCUT2D eigenvalue weighted by molar-refractivity contribution is -0.128. The summed E-state index contributed by atoms with van der Waals surface area (Å²) < 4.78 is 35.5. The van der Waals surface area contributed by atoms with Gasteiger partial charge in [0.1, 0.15) is 12.2 Å². The van der Waals surface area contributed by atoms with E-state index >= 15 is 0 Å². The number of aromatic nitrogens is 3. The van der Waals surface area contributed by atoms with Crippen molar-refractivity contribution < 1.29 is 13.2 Å². The third-order valence-corrected chi connectivity index (χ3v) is 1.32. The van der Waals surface area contributed by atoms with Gasteiger partial charge in [-0.25, -0.2) is 4.98 Å². The van der Waals surface area contributed by atoms with Crippen molar-refractivity contribution in [1.82, 2.24) is 15.2 Å². The Balaban J connectivity index is 2.70. The van der Waals surface area contributed by atoms with Crippen LogP contribution >= 0.6 is 0 Å². The van der Waals surface area contributed by atoms with Crippen LogP contribution in [-0.2, 0) is 6.42 Å². The molecule has 0 fully saturated rings. The van der Waals surface area contributed by atoms with Crippen LogP contribution in [0.3, 0.4) is 0 Å². The standard InChI is InChI=1S/C6H9F3N4/c1-3(10)5-11-4(12-13-5)2-6(7,8)9/h3H,2,10H2,1H3,(H,11,12,13). The molecule has 0 aromatic carbocycles. The number of nitrogens with zero attached hydrogens (tertiary/aromatic N) is 2. The number of hydrogen-bond acceptors (Lipinski definition) is 3. The molecule has 0 amide bonds. The van der Waals surface area contributed by atoms with E-state index in [9.17, 15) is 13.2 Å². The van der Waals surface area contributed by atoms with E-state index in [1.165, 1.54) is 0 Å². The first-order valence-electron chi connectivity index (χ1n) is 3.62. The van der Waals surface area contributed by atoms with Crippen LogP contribution in [0.5, 0.6) is 0 Å². The Morgan fingerprint density at radius 3 is 2.54 bits per heavy atom. The zero-order valence-corrected chi connectivity index (χ0v) is 6.89. The van der Waals surface area contributed by atoms with Crippen molar-refractivity contribution >= 4 is 0 Å². The fourth-order valence-corrected chi connectivity index (χ4v) is 0.783. The second kappa shape index (κ2) is 3.33. The summed E-state index contributed by atoms with van der Waals surface area (Å²) >= 11 is 0. The van der Waals surface area contributed by atoms with Crippen molar-refractivity contribution in [2.24, 2.45) is 5.73 Å². The smallest absolute Gasteiger partial charge is 0.321 e. The van der Waals surface area contributed by atoms with Gasteiger partial charge in [-0.05, 0) is 6.92 Å². The molecule has 0 saturated carbocycles. The molecule has 0 aliphatic rings. The minimum atomic E-state index is -4.27. The molecular formula is C6H9F3N4. The molecule has 0 radical (unpaired) electrons. The van der Waals surface area contributed by atoms with Crippen LogP contribution in [0.4, 0.5) is 13.2 Å². The van der Waals surface area contributed by atoms with Gasteiger partial charge in [0.25, 0.3) is 0 Å². The molecule has 74 valence electrons. The van der Waals surface area contributed by atoms with Crippen LogP contribution in [0.1, 0.15) is 24.6 Å². The summed E-state index contributed by atoms with van der Waals surface area (Å²) in [5.41, 5.74) is 5.36. The molecule has 1 aromatic rings. The fourth-order valence-electron chi connectivity index (χ4n) is 0.783. The Bertz CT molecular complexity index is 278. The molecule has 0 saturated heterocycles. The zero-order valence-electron chi connectivity index (χ0n) is 6.89. The molecule has 0 aliphatic carbocycles. The summed E-state index contributed by atoms with van der Waals surface area (Å²) in [6.07, 6.45) is -5.37. The second-order valence-electron chi connectivity index (χ2n) is 2.72. The minimum absolute atomic E-state index is 0.194. The van der Waals surface area contributed by atoms with Gasteiger partial charge in [0, 0.05) is 0 Å². The number of nitrogens with one attached hydrogen (secondary N) is 1. The van der Waals surface area contributed by atoms with Crippen LogP contribution in [0.2, 0.25) is 0 Å². The van der Waals surface area contributed by atoms with E-state index in [2.05, 4.69) is 15.2 Å². The molecule has 7 heteroatoms. The third-order valence-electron chi connectivity index (χ3n) is 1.32. The van der Waals surface area contributed by atoms with Gasteiger partial charge in [0.2, 0.25) is 0 Å². The molecule has 0 spiro atoms. The molecule has 1 atom stereocenters. The summed E-state index contributed by atoms with van der Waals surface area (Å²) in [4.78, 5) is 3.58. The Hall–Kier alpha value is -1.11. The monoisotopic (exact) mass is 194 g/mol. The van der Waals surface area contributed by atoms with E-state index in [-0.39, 0.29) is 11.6 Å². The first kappa shape index (κ1) is 9.97. The topological polar surface area (TPSA) is 67.6 Å². The summed E-state index contributed by atoms with van der Waals surface area (Å²) in [7, 11) is 0. The summed E-state index contributed by atoms with van der Waals surface area (Å²) in [5.74, 6) is -0.0148. The zero-order chi connectivity index (χ0) is 10.1. The lowest BCUT2D eigenvalue weighted by atomic mass is 10.3. The number of nitrogens with two attached hydrogens (primary N) is 1. The van der Waals surface area contributed by atoms with Crippen molar-refractivity contribution in [2.45, 2.75) is 25.6 Å². The molecule has 3 N–H and O–H groups in total. The van der Waals surface area contributed by atoms with Gasteiger partial charge in [0.05, 0.1) is 6.04 Å². The molecule has 0 aliphatic heterocycles. The number of aromatic amines is 1. The Morgan fingerprint density at radius 2 is 2.15 bits per heavy atom. The SMILES string of the molecule is CC(N)c1n[nH]c(CC(F)(F)F)n1. The van der Waals surface area contributed by atoms with Crippen molar-refractivity contribution in [1.29, 1.82) is 0 Å². The average molecular weight is 194 g/mol. The van der Waals surface area contributed by atoms with Gasteiger partial charge >= 0.3 is 6.18 Å². The highest BCUT2D eigenvalue weighted by Gasteiger charge is 2.29. The number of rotatable bonds is 2. The van der Waals surface area contributed by atoms with E-state index in [1.807, 2.05) is 0 Å². The van der Waals surface area contributed by atoms with Gasteiger partial charge in [-0.15, -0.1) is 0 Å². The van der Waals surface area contributed by atoms with Crippen LogP contribution < -0.4 is 5.73 Å². The summed E-state index contributed by atoms with van der Waals surface area (Å²) in [6, 6.07) is -0.460. The van der Waals surface area contributed by atoms with E-state index < -0.39 is 18.6 Å². The van der Waals surface area contributed by atoms with Crippen molar-refractivity contribution in [2.75, 3.05) is 0 Å². The minimum Gasteiger partial charge on any atom is -0.321 e. The first-order chi connectivity index (χ1) is 5.88. The molecular weight excluding hydrogens is 185 g/mol. The molecule has 4 nitrogen and oxygen atoms in total. The van der Waals surface area contributed by atoms with Crippen LogP contribution in [0, 0.1) is 0 Å². The molecule has 13 heavy (non-hydrogen) atoms. The normalized spacial score (nSPS) is 14.5. The summed E-state index contributed by atoms with van der Waals surface area (Å²) in [6.45, 7) is 1.60. The van der Waals surface area contributed by atoms with Gasteiger partial charge in [-0.3, -0.25) is 5.10 Å². The first-order valence-corrected chi connectivity index (χ1v) is 3.62. The van der Waals surface area contributed by atoms with Crippen LogP contribution in [0.25, 0.3) is 0 Å². The van der Waals surface area contributed by atoms with Crippen molar-refractivity contribution in [3.05, 3.63) is 11.6 Å². The number of H-pyrrole nitrogens is 1. The van der Waals surface area contributed by atoms with Crippen LogP contribution in [-0.4, -0.2) is 21.4 Å². The Kier molecular flexibility index (Phi) is 2.55. The maximum Gasteiger partial charge on any atom is 0.396 e. The second-order valence-corrected chi connectivity index (χ2v) is 2.72. The highest BCUT2D eigenvalue weighted by atomic mass is 19.4. The largest absolute Gasteiger partial charge is 0.396 e. The maximum absolute atomic E-state index is 11.8. The Labute approximate surface area is 72.3 Å². The molecule has 1 aromatic heterocycles. The highest BCUT2D eigenvalue weighted by molar-refractivity contribution is 4.95. The lowest BCUT2D eigenvalue weighted by Crippen LogP contribution is -2.13. The quantitative estimate of drug-likeness (QED) is 0.735. The number of halogens is 3. The number of hydrogen-bond donors (Lipinski definition) is 2. The van der Waals surface area contributed by atoms with Gasteiger partial charge in [-0.1, -0.05) is 0 Å². The number of alkyl halides is 3. The third kappa shape index (κ3) is 3.02. The van der Waals surface area contributed by atoms with E-state index in [1.54, 1.807) is 6.92 Å². The predicted octanol–water partition coefficient (Wildman–Crippen LogP) is 0.929. The molecule has 1 unspecified atom stereocenters. The molecule has 0 bridgehead atoms. The highest BCUT2D eigenvalue weighted by Crippen LogP contribution is 2.19. The van der Waals surface area contributed by atoms with Gasteiger partial charge in [-0.2, -0.15) is 18.3 Å². The molecule has 1 heterocycles. The summed E-state index contributed by atoms with van der Waals surface area (Å²) in [5, 5.41) is 5.72. The average Bonchev–Trinajstić information content (AvgIpc) is 2.31. The van der Waals surface area contributed by atoms with Gasteiger partial charge < -0.3 is 5.73 Å². The van der Waals surface area contributed by atoms with Crippen molar-refractivity contribution in [3.8, 4) is 0 Å². The van der Waals surface area contributed by atoms with Crippen molar-refractivity contribution in [3.63, 3.8) is 0 Å². The molecule has 1 rings (SSSR count). The van der Waals surface area contributed by atoms with E-state index in [0.717, 1.165) is 0 Å². The van der Waals surface area contributed by atoms with Crippen LogP contribution in [0.15, 0.2) is 0 Å². The van der Waals surface area contributed by atoms with E-state index in [4.69, 9.17) is 5.73 Å². The van der Waals surface area contributed by atoms with Gasteiger partial charge in [0.15, 0.2) is 5.82 Å². The maximum atomic E-state index is 11.8. The lowest BCUT2D eigenvalue weighted by Gasteiger charge is -2.01. The van der Waals surface area contributed by atoms with E-state index in [0.29, 0.717) is 0 Å². The fraction of sp³-hybridized carbons (Fsp3) is 0.667. The Morgan fingerprint density at radius 1 is 1.54 bits per heavy atom. The predicted molar refractivity (Wildman–Crippen MR) is 38.7 cm³/mol.